The zero-order valence-corrected chi connectivity index (χ0v) is 13.6. The van der Waals surface area contributed by atoms with Gasteiger partial charge in [0.15, 0.2) is 0 Å². The van der Waals surface area contributed by atoms with Crippen molar-refractivity contribution in [2.45, 2.75) is 58.5 Å². The molecule has 4 heteroatoms. The van der Waals surface area contributed by atoms with E-state index in [1.165, 1.54) is 0 Å². The van der Waals surface area contributed by atoms with Gasteiger partial charge in [-0.1, -0.05) is 20.8 Å². The van der Waals surface area contributed by atoms with Crippen molar-refractivity contribution in [2.24, 2.45) is 0 Å². The summed E-state index contributed by atoms with van der Waals surface area (Å²) in [6.07, 6.45) is 6.11. The highest BCUT2D eigenvalue weighted by Gasteiger charge is 2.16. The number of likely N-dealkylation sites (N-methyl/N-ethyl adjacent to an activating group) is 1. The molecule has 0 bridgehead atoms. The highest BCUT2D eigenvalue weighted by atomic mass is 16.3. The lowest BCUT2D eigenvalue weighted by Gasteiger charge is -2.14. The van der Waals surface area contributed by atoms with Gasteiger partial charge >= 0.3 is 0 Å². The fourth-order valence-corrected chi connectivity index (χ4v) is 2.68. The Kier molecular flexibility index (Phi) is 5.62. The topological polar surface area (TPSA) is 43.0 Å². The van der Waals surface area contributed by atoms with E-state index in [1.54, 1.807) is 0 Å². The summed E-state index contributed by atoms with van der Waals surface area (Å²) < 4.78 is 7.96. The van der Waals surface area contributed by atoms with E-state index in [1.807, 2.05) is 7.05 Å². The number of hydrogen-bond donors (Lipinski definition) is 1. The van der Waals surface area contributed by atoms with Crippen LogP contribution in [-0.4, -0.2) is 16.8 Å². The summed E-state index contributed by atoms with van der Waals surface area (Å²) in [4.78, 5) is 0. The van der Waals surface area contributed by atoms with Crippen molar-refractivity contribution in [3.05, 3.63) is 41.6 Å². The first-order valence-electron chi connectivity index (χ1n) is 8.01. The van der Waals surface area contributed by atoms with Gasteiger partial charge in [-0.3, -0.25) is 4.68 Å². The Labute approximate surface area is 127 Å². The molecule has 2 rings (SSSR count). The summed E-state index contributed by atoms with van der Waals surface area (Å²) in [7, 11) is 1.97. The van der Waals surface area contributed by atoms with Crippen LogP contribution in [0, 0.1) is 0 Å². The summed E-state index contributed by atoms with van der Waals surface area (Å²) in [6.45, 7) is 6.52. The molecule has 0 aliphatic carbocycles. The average molecular weight is 289 g/mol. The minimum atomic E-state index is 0.176. The molecule has 0 aliphatic rings. The van der Waals surface area contributed by atoms with Crippen LogP contribution in [0.3, 0.4) is 0 Å². The van der Waals surface area contributed by atoms with Gasteiger partial charge in [0.05, 0.1) is 17.8 Å². The summed E-state index contributed by atoms with van der Waals surface area (Å²) >= 11 is 0. The largest absolute Gasteiger partial charge is 0.464 e. The fourth-order valence-electron chi connectivity index (χ4n) is 2.68. The van der Waals surface area contributed by atoms with E-state index in [0.717, 1.165) is 42.9 Å². The minimum Gasteiger partial charge on any atom is -0.464 e. The van der Waals surface area contributed by atoms with Crippen LogP contribution in [0.25, 0.3) is 0 Å². The molecular formula is C17H27N3O. The Bertz CT molecular complexity index is 540. The molecule has 2 heterocycles. The summed E-state index contributed by atoms with van der Waals surface area (Å²) in [5.41, 5.74) is 1.11. The maximum Gasteiger partial charge on any atom is 0.121 e. The predicted octanol–water partition coefficient (Wildman–Crippen LogP) is 3.90. The van der Waals surface area contributed by atoms with Crippen molar-refractivity contribution >= 4 is 0 Å². The molecule has 0 radical (unpaired) electrons. The first-order valence-corrected chi connectivity index (χ1v) is 8.01. The van der Waals surface area contributed by atoms with E-state index in [2.05, 4.69) is 55.2 Å². The molecule has 1 N–H and O–H groups in total. The molecule has 2 aromatic heterocycles. The van der Waals surface area contributed by atoms with Crippen molar-refractivity contribution in [2.75, 3.05) is 7.05 Å². The third-order valence-electron chi connectivity index (χ3n) is 4.12. The normalized spacial score (nSPS) is 13.0. The fraction of sp³-hybridized carbons (Fsp3) is 0.588. The Morgan fingerprint density at radius 2 is 1.95 bits per heavy atom. The standard InChI is InChI=1S/C17H27N3O/c1-5-14(6-2)20-11-10-13(19-20)12-16(18-4)17-9-8-15(7-3)21-17/h8-11,14,16,18H,5-7,12H2,1-4H3. The molecular weight excluding hydrogens is 262 g/mol. The molecule has 0 fully saturated rings. The number of hydrogen-bond acceptors (Lipinski definition) is 3. The molecule has 116 valence electrons. The molecule has 2 aromatic rings. The van der Waals surface area contributed by atoms with Crippen molar-refractivity contribution in [3.8, 4) is 0 Å². The van der Waals surface area contributed by atoms with Crippen molar-refractivity contribution in [1.29, 1.82) is 0 Å². The average Bonchev–Trinajstić information content (AvgIpc) is 3.15. The maximum absolute atomic E-state index is 5.86. The number of nitrogens with one attached hydrogen (secondary N) is 1. The number of rotatable bonds is 8. The van der Waals surface area contributed by atoms with Gasteiger partial charge in [-0.05, 0) is 38.1 Å². The van der Waals surface area contributed by atoms with Crippen LogP contribution >= 0.6 is 0 Å². The SMILES string of the molecule is CCc1ccc(C(Cc2ccn(C(CC)CC)n2)NC)o1. The Morgan fingerprint density at radius 1 is 1.19 bits per heavy atom. The van der Waals surface area contributed by atoms with E-state index in [0.29, 0.717) is 6.04 Å². The predicted molar refractivity (Wildman–Crippen MR) is 85.4 cm³/mol. The second-order valence-electron chi connectivity index (χ2n) is 5.46. The summed E-state index contributed by atoms with van der Waals surface area (Å²) in [6, 6.07) is 6.92. The zero-order chi connectivity index (χ0) is 15.2. The monoisotopic (exact) mass is 289 g/mol. The molecule has 21 heavy (non-hydrogen) atoms. The van der Waals surface area contributed by atoms with Gasteiger partial charge in [0.2, 0.25) is 0 Å². The molecule has 4 nitrogen and oxygen atoms in total. The van der Waals surface area contributed by atoms with Gasteiger partial charge in [-0.15, -0.1) is 0 Å². The third-order valence-corrected chi connectivity index (χ3v) is 4.12. The van der Waals surface area contributed by atoms with Crippen LogP contribution < -0.4 is 5.32 Å². The lowest BCUT2D eigenvalue weighted by Crippen LogP contribution is -2.19. The van der Waals surface area contributed by atoms with Crippen LogP contribution in [0.5, 0.6) is 0 Å². The van der Waals surface area contributed by atoms with Gasteiger partial charge in [-0.2, -0.15) is 5.10 Å². The van der Waals surface area contributed by atoms with Gasteiger partial charge < -0.3 is 9.73 Å². The lowest BCUT2D eigenvalue weighted by atomic mass is 10.1. The van der Waals surface area contributed by atoms with Gasteiger partial charge in [0.25, 0.3) is 0 Å². The molecule has 0 saturated carbocycles. The van der Waals surface area contributed by atoms with Gasteiger partial charge in [-0.25, -0.2) is 0 Å². The second-order valence-corrected chi connectivity index (χ2v) is 5.46. The van der Waals surface area contributed by atoms with E-state index >= 15 is 0 Å². The van der Waals surface area contributed by atoms with Crippen molar-refractivity contribution in [3.63, 3.8) is 0 Å². The number of aryl methyl sites for hydroxylation is 1. The molecule has 1 atom stereocenters. The van der Waals surface area contributed by atoms with Gasteiger partial charge in [0, 0.05) is 19.0 Å². The van der Waals surface area contributed by atoms with Crippen LogP contribution in [0.15, 0.2) is 28.8 Å². The first kappa shape index (κ1) is 15.8. The van der Waals surface area contributed by atoms with Crippen LogP contribution in [0.1, 0.15) is 62.9 Å². The van der Waals surface area contributed by atoms with E-state index in [4.69, 9.17) is 9.52 Å². The number of aromatic nitrogens is 2. The Morgan fingerprint density at radius 3 is 2.52 bits per heavy atom. The van der Waals surface area contributed by atoms with Gasteiger partial charge in [0.1, 0.15) is 11.5 Å². The highest BCUT2D eigenvalue weighted by Crippen LogP contribution is 2.21. The highest BCUT2D eigenvalue weighted by molar-refractivity contribution is 5.14. The summed E-state index contributed by atoms with van der Waals surface area (Å²) in [5.74, 6) is 2.03. The van der Waals surface area contributed by atoms with E-state index in [9.17, 15) is 0 Å². The molecule has 1 unspecified atom stereocenters. The molecule has 0 aliphatic heterocycles. The second kappa shape index (κ2) is 7.46. The van der Waals surface area contributed by atoms with E-state index in [-0.39, 0.29) is 6.04 Å². The molecule has 0 aromatic carbocycles. The van der Waals surface area contributed by atoms with Crippen molar-refractivity contribution in [1.82, 2.24) is 15.1 Å². The van der Waals surface area contributed by atoms with Crippen LogP contribution in [-0.2, 0) is 12.8 Å². The Hall–Kier alpha value is -1.55. The van der Waals surface area contributed by atoms with Crippen LogP contribution in [0.2, 0.25) is 0 Å². The molecule has 0 saturated heterocycles. The smallest absolute Gasteiger partial charge is 0.121 e. The molecule has 0 spiro atoms. The maximum atomic E-state index is 5.86. The van der Waals surface area contributed by atoms with Crippen molar-refractivity contribution < 1.29 is 4.42 Å². The summed E-state index contributed by atoms with van der Waals surface area (Å²) in [5, 5.41) is 8.06. The van der Waals surface area contributed by atoms with Crippen LogP contribution in [0.4, 0.5) is 0 Å². The third kappa shape index (κ3) is 3.76. The molecule has 0 amide bonds. The quantitative estimate of drug-likeness (QED) is 0.801. The lowest BCUT2D eigenvalue weighted by molar-refractivity contribution is 0.398. The minimum absolute atomic E-state index is 0.176. The first-order chi connectivity index (χ1) is 10.2. The zero-order valence-electron chi connectivity index (χ0n) is 13.6. The number of nitrogens with zero attached hydrogens (tertiary/aromatic N) is 2. The Balaban J connectivity index is 2.08. The van der Waals surface area contributed by atoms with E-state index < -0.39 is 0 Å². The number of furan rings is 1.